The zero-order chi connectivity index (χ0) is 10.8. The molecule has 0 bridgehead atoms. The number of rotatable bonds is 4. The van der Waals surface area contributed by atoms with Gasteiger partial charge in [0.2, 0.25) is 0 Å². The van der Waals surface area contributed by atoms with Gasteiger partial charge >= 0.3 is 0 Å². The molecule has 0 spiro atoms. The first-order chi connectivity index (χ1) is 6.51. The van der Waals surface area contributed by atoms with Crippen molar-refractivity contribution in [2.45, 2.75) is 45.4 Å². The van der Waals surface area contributed by atoms with Crippen molar-refractivity contribution in [3.8, 4) is 0 Å². The summed E-state index contributed by atoms with van der Waals surface area (Å²) in [5, 5.41) is 23.7. The van der Waals surface area contributed by atoms with Crippen molar-refractivity contribution in [1.29, 1.82) is 0 Å². The average Bonchev–Trinajstić information content (AvgIpc) is 2.64. The molecule has 1 rings (SSSR count). The summed E-state index contributed by atoms with van der Waals surface area (Å²) in [5.74, 6) is 0. The van der Waals surface area contributed by atoms with Crippen LogP contribution in [0.25, 0.3) is 0 Å². The molecule has 0 aromatic carbocycles. The topological polar surface area (TPSA) is 58.3 Å². The second-order valence-electron chi connectivity index (χ2n) is 3.74. The number of aromatic nitrogens is 2. The summed E-state index contributed by atoms with van der Waals surface area (Å²) < 4.78 is 1.73. The molecule has 2 N–H and O–H groups in total. The van der Waals surface area contributed by atoms with Crippen LogP contribution in [0.3, 0.4) is 0 Å². The highest BCUT2D eigenvalue weighted by Gasteiger charge is 2.30. The molecule has 1 heterocycles. The van der Waals surface area contributed by atoms with Crippen LogP contribution >= 0.6 is 0 Å². The van der Waals surface area contributed by atoms with E-state index in [0.29, 0.717) is 12.0 Å². The number of aliphatic hydroxyl groups excluding tert-OH is 1. The summed E-state index contributed by atoms with van der Waals surface area (Å²) in [4.78, 5) is 0. The smallest absolute Gasteiger partial charge is 0.110 e. The van der Waals surface area contributed by atoms with E-state index in [0.717, 1.165) is 6.54 Å². The van der Waals surface area contributed by atoms with Crippen LogP contribution in [0, 0.1) is 0 Å². The van der Waals surface area contributed by atoms with E-state index in [1.54, 1.807) is 24.0 Å². The van der Waals surface area contributed by atoms with Crippen molar-refractivity contribution in [3.63, 3.8) is 0 Å². The molecule has 0 saturated carbocycles. The second kappa shape index (κ2) is 4.11. The fourth-order valence-corrected chi connectivity index (χ4v) is 1.25. The van der Waals surface area contributed by atoms with Gasteiger partial charge in [-0.2, -0.15) is 5.10 Å². The zero-order valence-electron chi connectivity index (χ0n) is 8.94. The van der Waals surface area contributed by atoms with E-state index in [9.17, 15) is 10.2 Å². The van der Waals surface area contributed by atoms with Crippen molar-refractivity contribution in [1.82, 2.24) is 9.78 Å². The number of hydrogen-bond acceptors (Lipinski definition) is 3. The first-order valence-electron chi connectivity index (χ1n) is 4.94. The van der Waals surface area contributed by atoms with E-state index >= 15 is 0 Å². The maximum absolute atomic E-state index is 9.85. The fourth-order valence-electron chi connectivity index (χ4n) is 1.25. The predicted octanol–water partition coefficient (Wildman–Crippen LogP) is 1.10. The second-order valence-corrected chi connectivity index (χ2v) is 3.74. The Labute approximate surface area is 84.2 Å². The largest absolute Gasteiger partial charge is 0.387 e. The fraction of sp³-hybridized carbons (Fsp3) is 0.700. The van der Waals surface area contributed by atoms with Crippen LogP contribution in [-0.2, 0) is 6.54 Å². The number of aryl methyl sites for hydroxylation is 1. The third-order valence-electron chi connectivity index (χ3n) is 2.60. The minimum atomic E-state index is -1.08. The minimum absolute atomic E-state index is 0.505. The summed E-state index contributed by atoms with van der Waals surface area (Å²) in [6.07, 6.45) is 2.99. The first-order valence-corrected chi connectivity index (χ1v) is 4.94. The number of aliphatic hydroxyl groups is 2. The molecule has 0 aliphatic carbocycles. The highest BCUT2D eigenvalue weighted by molar-refractivity contribution is 5.12. The summed E-state index contributed by atoms with van der Waals surface area (Å²) >= 11 is 0. The lowest BCUT2D eigenvalue weighted by molar-refractivity contribution is -0.0659. The van der Waals surface area contributed by atoms with Crippen molar-refractivity contribution < 1.29 is 10.2 Å². The molecular weight excluding hydrogens is 180 g/mol. The third kappa shape index (κ3) is 2.13. The molecule has 1 aromatic heterocycles. The van der Waals surface area contributed by atoms with Gasteiger partial charge in [-0.15, -0.1) is 0 Å². The third-order valence-corrected chi connectivity index (χ3v) is 2.60. The molecule has 0 radical (unpaired) electrons. The van der Waals surface area contributed by atoms with Gasteiger partial charge in [0, 0.05) is 18.3 Å². The molecule has 0 aliphatic heterocycles. The lowest BCUT2D eigenvalue weighted by atomic mass is 9.92. The summed E-state index contributed by atoms with van der Waals surface area (Å²) in [6.45, 7) is 6.20. The van der Waals surface area contributed by atoms with Crippen LogP contribution in [0.1, 0.15) is 38.9 Å². The Morgan fingerprint density at radius 1 is 1.57 bits per heavy atom. The molecule has 80 valence electrons. The Hall–Kier alpha value is -0.870. The quantitative estimate of drug-likeness (QED) is 0.761. The van der Waals surface area contributed by atoms with Crippen LogP contribution in [0.15, 0.2) is 12.4 Å². The van der Waals surface area contributed by atoms with Crippen molar-refractivity contribution >= 4 is 0 Å². The Bertz CT molecular complexity index is 294. The van der Waals surface area contributed by atoms with E-state index < -0.39 is 11.7 Å². The van der Waals surface area contributed by atoms with Crippen molar-refractivity contribution in [3.05, 3.63) is 18.0 Å². The average molecular weight is 198 g/mol. The van der Waals surface area contributed by atoms with Gasteiger partial charge in [0.1, 0.15) is 6.10 Å². The van der Waals surface area contributed by atoms with Crippen LogP contribution in [-0.4, -0.2) is 25.6 Å². The summed E-state index contributed by atoms with van der Waals surface area (Å²) in [7, 11) is 0. The standard InChI is InChI=1S/C10H18N2O2/c1-4-10(3,14)9(13)8-6-11-12(5-2)7-8/h6-7,9,13-14H,4-5H2,1-3H3. The van der Waals surface area contributed by atoms with Crippen molar-refractivity contribution in [2.24, 2.45) is 0 Å². The molecule has 0 aliphatic rings. The normalized spacial score (nSPS) is 17.8. The molecule has 0 saturated heterocycles. The van der Waals surface area contributed by atoms with Gasteiger partial charge in [-0.05, 0) is 20.3 Å². The van der Waals surface area contributed by atoms with Crippen LogP contribution < -0.4 is 0 Å². The summed E-state index contributed by atoms with van der Waals surface area (Å²) in [5.41, 5.74) is -0.416. The Morgan fingerprint density at radius 2 is 2.21 bits per heavy atom. The maximum atomic E-state index is 9.85. The highest BCUT2D eigenvalue weighted by atomic mass is 16.3. The van der Waals surface area contributed by atoms with Gasteiger partial charge in [-0.25, -0.2) is 0 Å². The van der Waals surface area contributed by atoms with Crippen LogP contribution in [0.2, 0.25) is 0 Å². The highest BCUT2D eigenvalue weighted by Crippen LogP contribution is 2.27. The van der Waals surface area contributed by atoms with Gasteiger partial charge in [-0.3, -0.25) is 4.68 Å². The molecule has 14 heavy (non-hydrogen) atoms. The van der Waals surface area contributed by atoms with E-state index in [1.165, 1.54) is 0 Å². The Kier molecular flexibility index (Phi) is 3.29. The minimum Gasteiger partial charge on any atom is -0.387 e. The SMILES string of the molecule is CCn1cc(C(O)C(C)(O)CC)cn1. The molecule has 0 fully saturated rings. The molecule has 2 atom stereocenters. The van der Waals surface area contributed by atoms with E-state index in [4.69, 9.17) is 0 Å². The zero-order valence-corrected chi connectivity index (χ0v) is 8.94. The Morgan fingerprint density at radius 3 is 2.64 bits per heavy atom. The molecule has 1 aromatic rings. The molecule has 4 nitrogen and oxygen atoms in total. The van der Waals surface area contributed by atoms with Gasteiger partial charge in [0.15, 0.2) is 0 Å². The maximum Gasteiger partial charge on any atom is 0.110 e. The van der Waals surface area contributed by atoms with Crippen LogP contribution in [0.4, 0.5) is 0 Å². The van der Waals surface area contributed by atoms with E-state index in [1.807, 2.05) is 13.8 Å². The number of hydrogen-bond donors (Lipinski definition) is 2. The van der Waals surface area contributed by atoms with Crippen LogP contribution in [0.5, 0.6) is 0 Å². The Balaban J connectivity index is 2.83. The van der Waals surface area contributed by atoms with E-state index in [-0.39, 0.29) is 0 Å². The molecular formula is C10H18N2O2. The van der Waals surface area contributed by atoms with Gasteiger partial charge in [0.05, 0.1) is 11.8 Å². The monoisotopic (exact) mass is 198 g/mol. The van der Waals surface area contributed by atoms with Gasteiger partial charge in [0.25, 0.3) is 0 Å². The van der Waals surface area contributed by atoms with Crippen molar-refractivity contribution in [2.75, 3.05) is 0 Å². The molecule has 0 amide bonds. The van der Waals surface area contributed by atoms with Gasteiger partial charge in [-0.1, -0.05) is 6.92 Å². The predicted molar refractivity (Wildman–Crippen MR) is 53.8 cm³/mol. The summed E-state index contributed by atoms with van der Waals surface area (Å²) in [6, 6.07) is 0. The van der Waals surface area contributed by atoms with Gasteiger partial charge < -0.3 is 10.2 Å². The number of nitrogens with zero attached hydrogens (tertiary/aromatic N) is 2. The molecule has 2 unspecified atom stereocenters. The lowest BCUT2D eigenvalue weighted by Gasteiger charge is -2.26. The lowest BCUT2D eigenvalue weighted by Crippen LogP contribution is -2.31. The van der Waals surface area contributed by atoms with E-state index in [2.05, 4.69) is 5.10 Å². The first kappa shape index (κ1) is 11.2. The molecule has 4 heteroatoms.